The van der Waals surface area contributed by atoms with E-state index in [-0.39, 0.29) is 22.9 Å². The maximum Gasteiger partial charge on any atom is 0.270 e. The van der Waals surface area contributed by atoms with Crippen LogP contribution < -0.4 is 10.1 Å². The molecule has 0 radical (unpaired) electrons. The lowest BCUT2D eigenvalue weighted by Gasteiger charge is -2.10. The molecule has 0 bridgehead atoms. The number of nitrogens with one attached hydrogen (secondary N) is 1. The molecule has 126 valence electrons. The third-order valence-electron chi connectivity index (χ3n) is 3.60. The predicted molar refractivity (Wildman–Crippen MR) is 85.2 cm³/mol. The number of rotatable bonds is 6. The molecule has 1 aliphatic heterocycles. The average Bonchev–Trinajstić information content (AvgIpc) is 3.10. The first-order valence-electron chi connectivity index (χ1n) is 7.39. The topological polar surface area (TPSA) is 114 Å². The Kier molecular flexibility index (Phi) is 5.87. The predicted octanol–water partition coefficient (Wildman–Crippen LogP) is 1.81. The average molecular weight is 331 g/mol. The van der Waals surface area contributed by atoms with Crippen LogP contribution in [0.15, 0.2) is 23.8 Å². The fraction of sp³-hybridized carbons (Fsp3) is 0.375. The van der Waals surface area contributed by atoms with E-state index in [1.54, 1.807) is 0 Å². The van der Waals surface area contributed by atoms with E-state index in [1.807, 2.05) is 6.07 Å². The molecular weight excluding hydrogens is 314 g/mol. The van der Waals surface area contributed by atoms with Crippen LogP contribution in [-0.2, 0) is 9.53 Å². The van der Waals surface area contributed by atoms with Crippen LogP contribution in [-0.4, -0.2) is 37.2 Å². The Morgan fingerprint density at radius 3 is 3.00 bits per heavy atom. The highest BCUT2D eigenvalue weighted by Crippen LogP contribution is 2.26. The first kappa shape index (κ1) is 17.4. The fourth-order valence-electron chi connectivity index (χ4n) is 2.36. The minimum Gasteiger partial charge on any atom is -0.496 e. The summed E-state index contributed by atoms with van der Waals surface area (Å²) in [6.45, 7) is 0.996. The number of carbonyl (C=O) groups excluding carboxylic acids is 1. The van der Waals surface area contributed by atoms with Crippen molar-refractivity contribution in [3.63, 3.8) is 0 Å². The van der Waals surface area contributed by atoms with Crippen LogP contribution in [0.1, 0.15) is 18.4 Å². The van der Waals surface area contributed by atoms with Gasteiger partial charge in [0.15, 0.2) is 0 Å². The molecule has 0 spiro atoms. The smallest absolute Gasteiger partial charge is 0.270 e. The van der Waals surface area contributed by atoms with Crippen LogP contribution in [0, 0.1) is 21.4 Å². The Balaban J connectivity index is 2.19. The number of methoxy groups -OCH3 is 1. The number of amides is 1. The van der Waals surface area contributed by atoms with Crippen molar-refractivity contribution in [1.82, 2.24) is 5.32 Å². The first-order valence-corrected chi connectivity index (χ1v) is 7.39. The van der Waals surface area contributed by atoms with Crippen LogP contribution in [0.5, 0.6) is 5.75 Å². The van der Waals surface area contributed by atoms with Gasteiger partial charge in [-0.2, -0.15) is 5.26 Å². The third kappa shape index (κ3) is 4.30. The lowest BCUT2D eigenvalue weighted by Crippen LogP contribution is -2.32. The van der Waals surface area contributed by atoms with Crippen LogP contribution >= 0.6 is 0 Å². The Morgan fingerprint density at radius 1 is 1.62 bits per heavy atom. The minimum absolute atomic E-state index is 0.0405. The van der Waals surface area contributed by atoms with Gasteiger partial charge in [-0.1, -0.05) is 0 Å². The molecular formula is C16H17N3O5. The summed E-state index contributed by atoms with van der Waals surface area (Å²) >= 11 is 0. The van der Waals surface area contributed by atoms with E-state index in [4.69, 9.17) is 9.47 Å². The number of carbonyl (C=O) groups is 1. The molecule has 0 aromatic heterocycles. The largest absolute Gasteiger partial charge is 0.496 e. The highest BCUT2D eigenvalue weighted by atomic mass is 16.6. The second-order valence-electron chi connectivity index (χ2n) is 5.20. The molecule has 8 heteroatoms. The normalized spacial score (nSPS) is 17.2. The van der Waals surface area contributed by atoms with Crippen molar-refractivity contribution >= 4 is 17.7 Å². The van der Waals surface area contributed by atoms with Crippen molar-refractivity contribution in [2.75, 3.05) is 20.3 Å². The Hall–Kier alpha value is -2.92. The Morgan fingerprint density at radius 2 is 2.42 bits per heavy atom. The third-order valence-corrected chi connectivity index (χ3v) is 3.60. The summed E-state index contributed by atoms with van der Waals surface area (Å²) in [5.41, 5.74) is -0.0265. The summed E-state index contributed by atoms with van der Waals surface area (Å²) in [6.07, 6.45) is 3.05. The minimum atomic E-state index is -0.555. The molecule has 1 fully saturated rings. The maximum atomic E-state index is 12.1. The van der Waals surface area contributed by atoms with Crippen LogP contribution in [0.25, 0.3) is 6.08 Å². The van der Waals surface area contributed by atoms with Gasteiger partial charge in [-0.05, 0) is 25.0 Å². The zero-order chi connectivity index (χ0) is 17.5. The van der Waals surface area contributed by atoms with Crippen LogP contribution in [0.2, 0.25) is 0 Å². The number of non-ortho nitro benzene ring substituents is 1. The number of hydrogen-bond donors (Lipinski definition) is 1. The van der Waals surface area contributed by atoms with Gasteiger partial charge in [-0.25, -0.2) is 0 Å². The van der Waals surface area contributed by atoms with E-state index in [0.29, 0.717) is 18.9 Å². The van der Waals surface area contributed by atoms with Crippen molar-refractivity contribution in [2.45, 2.75) is 18.9 Å². The number of nitrogens with zero attached hydrogens (tertiary/aromatic N) is 2. The summed E-state index contributed by atoms with van der Waals surface area (Å²) in [5.74, 6) is -0.221. The van der Waals surface area contributed by atoms with Crippen LogP contribution in [0.4, 0.5) is 5.69 Å². The highest BCUT2D eigenvalue weighted by molar-refractivity contribution is 6.02. The number of nitro groups is 1. The fourth-order valence-corrected chi connectivity index (χ4v) is 2.36. The molecule has 1 heterocycles. The van der Waals surface area contributed by atoms with E-state index < -0.39 is 10.8 Å². The molecule has 1 atom stereocenters. The summed E-state index contributed by atoms with van der Waals surface area (Å²) in [4.78, 5) is 22.4. The van der Waals surface area contributed by atoms with E-state index >= 15 is 0 Å². The molecule has 1 aliphatic rings. The zero-order valence-electron chi connectivity index (χ0n) is 13.2. The lowest BCUT2D eigenvalue weighted by atomic mass is 10.1. The van der Waals surface area contributed by atoms with E-state index in [0.717, 1.165) is 12.8 Å². The SMILES string of the molecule is COc1ccc([N+](=O)[O-])cc1C=C(C#N)C(=O)NCC1CCCO1. The number of hydrogen-bond acceptors (Lipinski definition) is 6. The Labute approximate surface area is 138 Å². The monoisotopic (exact) mass is 331 g/mol. The van der Waals surface area contributed by atoms with E-state index in [2.05, 4.69) is 5.32 Å². The number of ether oxygens (including phenoxy) is 2. The molecule has 1 amide bonds. The van der Waals surface area contributed by atoms with Gasteiger partial charge < -0.3 is 14.8 Å². The molecule has 1 unspecified atom stereocenters. The number of nitro benzene ring substituents is 1. The van der Waals surface area contributed by atoms with Crippen molar-refractivity contribution in [1.29, 1.82) is 5.26 Å². The van der Waals surface area contributed by atoms with Crippen molar-refractivity contribution < 1.29 is 19.2 Å². The summed E-state index contributed by atoms with van der Waals surface area (Å²) in [5, 5.41) is 22.7. The number of benzene rings is 1. The Bertz CT molecular complexity index is 702. The summed E-state index contributed by atoms with van der Waals surface area (Å²) in [7, 11) is 1.40. The quantitative estimate of drug-likeness (QED) is 0.368. The van der Waals surface area contributed by atoms with Gasteiger partial charge in [-0.3, -0.25) is 14.9 Å². The van der Waals surface area contributed by atoms with Gasteiger partial charge >= 0.3 is 0 Å². The molecule has 1 saturated heterocycles. The maximum absolute atomic E-state index is 12.1. The van der Waals surface area contributed by atoms with Crippen molar-refractivity contribution in [3.05, 3.63) is 39.4 Å². The van der Waals surface area contributed by atoms with Gasteiger partial charge in [-0.15, -0.1) is 0 Å². The van der Waals surface area contributed by atoms with Crippen molar-refractivity contribution in [3.8, 4) is 11.8 Å². The summed E-state index contributed by atoms with van der Waals surface area (Å²) in [6, 6.07) is 5.77. The molecule has 1 aromatic rings. The zero-order valence-corrected chi connectivity index (χ0v) is 13.2. The molecule has 1 N–H and O–H groups in total. The van der Waals surface area contributed by atoms with E-state index in [1.165, 1.54) is 31.4 Å². The number of nitriles is 1. The van der Waals surface area contributed by atoms with Gasteiger partial charge in [0.05, 0.1) is 18.1 Å². The van der Waals surface area contributed by atoms with Gasteiger partial charge in [0, 0.05) is 30.8 Å². The van der Waals surface area contributed by atoms with Crippen LogP contribution in [0.3, 0.4) is 0 Å². The molecule has 0 aliphatic carbocycles. The van der Waals surface area contributed by atoms with E-state index in [9.17, 15) is 20.2 Å². The van der Waals surface area contributed by atoms with Gasteiger partial charge in [0.25, 0.3) is 11.6 Å². The summed E-state index contributed by atoms with van der Waals surface area (Å²) < 4.78 is 10.5. The highest BCUT2D eigenvalue weighted by Gasteiger charge is 2.18. The van der Waals surface area contributed by atoms with Crippen molar-refractivity contribution in [2.24, 2.45) is 0 Å². The molecule has 8 nitrogen and oxygen atoms in total. The first-order chi connectivity index (χ1) is 11.5. The molecule has 1 aromatic carbocycles. The standard InChI is InChI=1S/C16H17N3O5/c1-23-15-5-4-13(19(21)22)8-11(15)7-12(9-17)16(20)18-10-14-3-2-6-24-14/h4-5,7-8,14H,2-3,6,10H2,1H3,(H,18,20). The van der Waals surface area contributed by atoms with Gasteiger partial charge in [0.2, 0.25) is 0 Å². The second kappa shape index (κ2) is 8.08. The lowest BCUT2D eigenvalue weighted by molar-refractivity contribution is -0.384. The second-order valence-corrected chi connectivity index (χ2v) is 5.20. The van der Waals surface area contributed by atoms with Gasteiger partial charge in [0.1, 0.15) is 17.4 Å². The molecule has 2 rings (SSSR count). The molecule has 0 saturated carbocycles. The molecule has 24 heavy (non-hydrogen) atoms.